The van der Waals surface area contributed by atoms with E-state index in [1.807, 2.05) is 0 Å². The van der Waals surface area contributed by atoms with Crippen molar-refractivity contribution in [2.24, 2.45) is 0 Å². The van der Waals surface area contributed by atoms with Crippen molar-refractivity contribution in [1.82, 2.24) is 5.32 Å². The molecule has 0 bridgehead atoms. The van der Waals surface area contributed by atoms with E-state index in [0.717, 1.165) is 0 Å². The van der Waals surface area contributed by atoms with Crippen LogP contribution in [0.1, 0.15) is 17.3 Å². The fourth-order valence-electron chi connectivity index (χ4n) is 1.61. The van der Waals surface area contributed by atoms with E-state index in [1.54, 1.807) is 6.92 Å². The molecule has 0 spiro atoms. The van der Waals surface area contributed by atoms with Crippen LogP contribution in [0.15, 0.2) is 12.1 Å². The summed E-state index contributed by atoms with van der Waals surface area (Å²) in [6.07, 6.45) is 0. The summed E-state index contributed by atoms with van der Waals surface area (Å²) < 4.78 is 15.0. The molecule has 102 valence electrons. The van der Waals surface area contributed by atoms with Crippen LogP contribution in [0.2, 0.25) is 0 Å². The van der Waals surface area contributed by atoms with Crippen molar-refractivity contribution >= 4 is 17.6 Å². The number of nitrogens with one attached hydrogen (secondary N) is 1. The number of hydrogen-bond donors (Lipinski definition) is 2. The molecule has 0 aliphatic carbocycles. The van der Waals surface area contributed by atoms with Crippen LogP contribution < -0.4 is 20.5 Å². The molecule has 1 aliphatic rings. The maximum atomic E-state index is 11.9. The number of hydrogen-bond acceptors (Lipinski definition) is 6. The maximum Gasteiger partial charge on any atom is 0.325 e. The first-order chi connectivity index (χ1) is 9.11. The minimum absolute atomic E-state index is 0.0999. The van der Waals surface area contributed by atoms with Gasteiger partial charge in [-0.25, -0.2) is 0 Å². The fourth-order valence-corrected chi connectivity index (χ4v) is 1.61. The van der Waals surface area contributed by atoms with Crippen LogP contribution in [0.5, 0.6) is 11.5 Å². The van der Waals surface area contributed by atoms with Crippen molar-refractivity contribution in [2.45, 2.75) is 6.92 Å². The van der Waals surface area contributed by atoms with Crippen molar-refractivity contribution < 1.29 is 23.8 Å². The molecular weight excluding hydrogens is 252 g/mol. The third kappa shape index (κ3) is 2.87. The van der Waals surface area contributed by atoms with E-state index in [9.17, 15) is 9.59 Å². The number of nitrogen functional groups attached to an aromatic ring is 1. The zero-order valence-corrected chi connectivity index (χ0v) is 10.4. The number of carbonyl (C=O) groups is 2. The zero-order valence-electron chi connectivity index (χ0n) is 10.4. The average molecular weight is 266 g/mol. The molecule has 1 aromatic carbocycles. The van der Waals surface area contributed by atoms with Gasteiger partial charge in [-0.1, -0.05) is 0 Å². The Morgan fingerprint density at radius 2 is 2.05 bits per heavy atom. The largest absolute Gasteiger partial charge is 0.465 e. The molecule has 1 heterocycles. The van der Waals surface area contributed by atoms with E-state index in [4.69, 9.17) is 19.9 Å². The van der Waals surface area contributed by atoms with Crippen LogP contribution in [0.4, 0.5) is 5.69 Å². The van der Waals surface area contributed by atoms with E-state index < -0.39 is 11.9 Å². The van der Waals surface area contributed by atoms with Crippen LogP contribution in [0, 0.1) is 0 Å². The van der Waals surface area contributed by atoms with Gasteiger partial charge < -0.3 is 25.3 Å². The Kier molecular flexibility index (Phi) is 3.74. The Balaban J connectivity index is 2.05. The van der Waals surface area contributed by atoms with Crippen LogP contribution >= 0.6 is 0 Å². The Hall–Kier alpha value is -2.44. The number of fused-ring (bicyclic) bond motifs is 1. The molecule has 7 nitrogen and oxygen atoms in total. The van der Waals surface area contributed by atoms with Gasteiger partial charge in [-0.15, -0.1) is 0 Å². The number of anilines is 1. The highest BCUT2D eigenvalue weighted by molar-refractivity contribution is 6.01. The van der Waals surface area contributed by atoms with E-state index >= 15 is 0 Å². The molecule has 0 saturated heterocycles. The number of esters is 1. The van der Waals surface area contributed by atoms with E-state index in [0.29, 0.717) is 11.5 Å². The van der Waals surface area contributed by atoms with Gasteiger partial charge in [0.2, 0.25) is 6.79 Å². The monoisotopic (exact) mass is 266 g/mol. The molecule has 19 heavy (non-hydrogen) atoms. The summed E-state index contributed by atoms with van der Waals surface area (Å²) >= 11 is 0. The zero-order chi connectivity index (χ0) is 13.8. The lowest BCUT2D eigenvalue weighted by atomic mass is 10.1. The predicted octanol–water partition coefficient (Wildman–Crippen LogP) is 0.290. The lowest BCUT2D eigenvalue weighted by Crippen LogP contribution is -2.31. The highest BCUT2D eigenvalue weighted by Gasteiger charge is 2.20. The van der Waals surface area contributed by atoms with Crippen molar-refractivity contribution in [3.8, 4) is 11.5 Å². The van der Waals surface area contributed by atoms with Crippen LogP contribution in [-0.2, 0) is 9.53 Å². The van der Waals surface area contributed by atoms with E-state index in [1.165, 1.54) is 12.1 Å². The smallest absolute Gasteiger partial charge is 0.325 e. The summed E-state index contributed by atoms with van der Waals surface area (Å²) in [5, 5.41) is 2.43. The SMILES string of the molecule is CCOC(=O)CNC(=O)c1cc2c(cc1N)OCO2. The molecule has 2 rings (SSSR count). The maximum absolute atomic E-state index is 11.9. The highest BCUT2D eigenvalue weighted by Crippen LogP contribution is 2.35. The fraction of sp³-hybridized carbons (Fsp3) is 0.333. The summed E-state index contributed by atoms with van der Waals surface area (Å²) in [4.78, 5) is 23.0. The summed E-state index contributed by atoms with van der Waals surface area (Å²) in [5.41, 5.74) is 6.23. The summed E-state index contributed by atoms with van der Waals surface area (Å²) in [6.45, 7) is 1.85. The molecule has 0 fully saturated rings. The highest BCUT2D eigenvalue weighted by atomic mass is 16.7. The van der Waals surface area contributed by atoms with Crippen molar-refractivity contribution in [3.05, 3.63) is 17.7 Å². The molecule has 1 aromatic rings. The van der Waals surface area contributed by atoms with Gasteiger partial charge in [0, 0.05) is 11.8 Å². The van der Waals surface area contributed by atoms with Gasteiger partial charge in [0.25, 0.3) is 5.91 Å². The summed E-state index contributed by atoms with van der Waals surface area (Å²) in [7, 11) is 0. The minimum atomic E-state index is -0.504. The van der Waals surface area contributed by atoms with Gasteiger partial charge >= 0.3 is 5.97 Å². The third-order valence-corrected chi connectivity index (χ3v) is 2.49. The second kappa shape index (κ2) is 5.47. The lowest BCUT2D eigenvalue weighted by molar-refractivity contribution is -0.141. The molecule has 0 unspecified atom stereocenters. The van der Waals surface area contributed by atoms with E-state index in [2.05, 4.69) is 5.32 Å². The Morgan fingerprint density at radius 3 is 2.74 bits per heavy atom. The first-order valence-electron chi connectivity index (χ1n) is 5.74. The first-order valence-corrected chi connectivity index (χ1v) is 5.74. The molecule has 0 aromatic heterocycles. The van der Waals surface area contributed by atoms with Crippen molar-refractivity contribution in [3.63, 3.8) is 0 Å². The molecule has 1 amide bonds. The average Bonchev–Trinajstić information content (AvgIpc) is 2.82. The van der Waals surface area contributed by atoms with Crippen molar-refractivity contribution in [2.75, 3.05) is 25.7 Å². The topological polar surface area (TPSA) is 99.9 Å². The second-order valence-electron chi connectivity index (χ2n) is 3.78. The Bertz CT molecular complexity index is 515. The van der Waals surface area contributed by atoms with Gasteiger partial charge in [0.15, 0.2) is 11.5 Å². The normalized spacial score (nSPS) is 12.1. The van der Waals surface area contributed by atoms with Gasteiger partial charge in [-0.2, -0.15) is 0 Å². The number of nitrogens with two attached hydrogens (primary N) is 1. The number of benzene rings is 1. The first kappa shape index (κ1) is 13.0. The molecule has 3 N–H and O–H groups in total. The standard InChI is InChI=1S/C12H14N2O5/c1-2-17-11(15)5-14-12(16)7-3-9-10(4-8(7)13)19-6-18-9/h3-4H,2,5-6,13H2,1H3,(H,14,16). The van der Waals surface area contributed by atoms with Gasteiger partial charge in [-0.3, -0.25) is 9.59 Å². The minimum Gasteiger partial charge on any atom is -0.465 e. The number of ether oxygens (including phenoxy) is 3. The van der Waals surface area contributed by atoms with Crippen LogP contribution in [-0.4, -0.2) is 31.8 Å². The number of rotatable bonds is 4. The van der Waals surface area contributed by atoms with Gasteiger partial charge in [0.05, 0.1) is 12.2 Å². The van der Waals surface area contributed by atoms with Gasteiger partial charge in [-0.05, 0) is 13.0 Å². The van der Waals surface area contributed by atoms with Crippen molar-refractivity contribution in [1.29, 1.82) is 0 Å². The molecule has 7 heteroatoms. The second-order valence-corrected chi connectivity index (χ2v) is 3.78. The number of amides is 1. The van der Waals surface area contributed by atoms with E-state index in [-0.39, 0.29) is 31.2 Å². The third-order valence-electron chi connectivity index (χ3n) is 2.49. The molecule has 0 atom stereocenters. The van der Waals surface area contributed by atoms with Crippen LogP contribution in [0.3, 0.4) is 0 Å². The molecular formula is C12H14N2O5. The molecule has 1 aliphatic heterocycles. The lowest BCUT2D eigenvalue weighted by Gasteiger charge is -2.08. The quantitative estimate of drug-likeness (QED) is 0.600. The van der Waals surface area contributed by atoms with Gasteiger partial charge in [0.1, 0.15) is 6.54 Å². The molecule has 0 radical (unpaired) electrons. The molecule has 0 saturated carbocycles. The van der Waals surface area contributed by atoms with Crippen LogP contribution in [0.25, 0.3) is 0 Å². The Labute approximate surface area is 109 Å². The summed E-state index contributed by atoms with van der Waals surface area (Å²) in [5.74, 6) is -0.0195. The number of carbonyl (C=O) groups excluding carboxylic acids is 2. The Morgan fingerprint density at radius 1 is 1.37 bits per heavy atom. The predicted molar refractivity (Wildman–Crippen MR) is 65.9 cm³/mol. The summed E-state index contributed by atoms with van der Waals surface area (Å²) in [6, 6.07) is 3.00.